The third kappa shape index (κ3) is 3.84. The monoisotopic (exact) mass is 516 g/mol. The number of furan rings is 1. The average molecular weight is 517 g/mol. The smallest absolute Gasteiger partial charge is 0.353 e. The summed E-state index contributed by atoms with van der Waals surface area (Å²) in [6, 6.07) is 22.0. The van der Waals surface area contributed by atoms with Crippen LogP contribution in [0.2, 0.25) is 0 Å². The quantitative estimate of drug-likeness (QED) is 0.361. The SMILES string of the molecule is O=C(Cc1ccccc1)N[C@@H]1C(=O)N2C(C(=O)O)=C(Sc3cccc4oc5ccccc5c34)CS[C@H]12. The second-order valence-electron chi connectivity index (χ2n) is 8.52. The lowest BCUT2D eigenvalue weighted by Crippen LogP contribution is -2.70. The Labute approximate surface area is 214 Å². The van der Waals surface area contributed by atoms with E-state index in [0.29, 0.717) is 10.7 Å². The molecule has 0 unspecified atom stereocenters. The molecule has 1 fully saturated rings. The van der Waals surface area contributed by atoms with Crippen LogP contribution in [0.3, 0.4) is 0 Å². The van der Waals surface area contributed by atoms with Crippen LogP contribution in [0.25, 0.3) is 21.9 Å². The molecule has 2 atom stereocenters. The minimum atomic E-state index is -1.16. The molecule has 3 aromatic carbocycles. The Hall–Kier alpha value is -3.69. The molecule has 2 N–H and O–H groups in total. The second-order valence-corrected chi connectivity index (χ2v) is 10.8. The molecule has 2 amide bonds. The molecule has 2 aliphatic heterocycles. The number of aliphatic carboxylic acids is 1. The van der Waals surface area contributed by atoms with Gasteiger partial charge in [-0.05, 0) is 23.8 Å². The number of para-hydroxylation sites is 1. The van der Waals surface area contributed by atoms with Crippen LogP contribution >= 0.6 is 23.5 Å². The van der Waals surface area contributed by atoms with Crippen LogP contribution < -0.4 is 5.32 Å². The van der Waals surface area contributed by atoms with Gasteiger partial charge in [0.1, 0.15) is 28.3 Å². The highest BCUT2D eigenvalue weighted by atomic mass is 32.2. The summed E-state index contributed by atoms with van der Waals surface area (Å²) >= 11 is 2.80. The molecule has 9 heteroatoms. The van der Waals surface area contributed by atoms with Crippen LogP contribution in [0, 0.1) is 0 Å². The van der Waals surface area contributed by atoms with Crippen molar-refractivity contribution in [1.29, 1.82) is 0 Å². The largest absolute Gasteiger partial charge is 0.477 e. The molecule has 4 aromatic rings. The van der Waals surface area contributed by atoms with Crippen LogP contribution in [-0.4, -0.2) is 45.0 Å². The van der Waals surface area contributed by atoms with Crippen molar-refractivity contribution in [2.75, 3.05) is 5.75 Å². The first-order valence-electron chi connectivity index (χ1n) is 11.3. The van der Waals surface area contributed by atoms with Crippen molar-refractivity contribution in [3.8, 4) is 0 Å². The average Bonchev–Trinajstić information content (AvgIpc) is 3.27. The zero-order valence-electron chi connectivity index (χ0n) is 18.8. The number of carbonyl (C=O) groups excluding carboxylic acids is 2. The van der Waals surface area contributed by atoms with Gasteiger partial charge in [-0.2, -0.15) is 0 Å². The van der Waals surface area contributed by atoms with E-state index >= 15 is 0 Å². The van der Waals surface area contributed by atoms with E-state index in [1.807, 2.05) is 72.8 Å². The summed E-state index contributed by atoms with van der Waals surface area (Å²) in [7, 11) is 0. The maximum atomic E-state index is 13.0. The van der Waals surface area contributed by atoms with Gasteiger partial charge in [-0.15, -0.1) is 11.8 Å². The molecular weight excluding hydrogens is 496 g/mol. The summed E-state index contributed by atoms with van der Waals surface area (Å²) in [6.45, 7) is 0. The van der Waals surface area contributed by atoms with Gasteiger partial charge in [0.2, 0.25) is 5.91 Å². The second kappa shape index (κ2) is 9.07. The number of β-lactam (4-membered cyclic amide) rings is 1. The molecule has 2 aliphatic rings. The first-order valence-corrected chi connectivity index (χ1v) is 13.2. The highest BCUT2D eigenvalue weighted by molar-refractivity contribution is 8.06. The lowest BCUT2D eigenvalue weighted by Gasteiger charge is -2.49. The maximum absolute atomic E-state index is 13.0. The third-order valence-electron chi connectivity index (χ3n) is 6.26. The number of hydrogen-bond donors (Lipinski definition) is 2. The zero-order valence-corrected chi connectivity index (χ0v) is 20.5. The van der Waals surface area contributed by atoms with Crippen molar-refractivity contribution in [2.24, 2.45) is 0 Å². The third-order valence-corrected chi connectivity index (χ3v) is 8.86. The topological polar surface area (TPSA) is 99.9 Å². The van der Waals surface area contributed by atoms with Crippen LogP contribution in [0.15, 0.2) is 92.7 Å². The maximum Gasteiger partial charge on any atom is 0.353 e. The van der Waals surface area contributed by atoms with Gasteiger partial charge in [-0.3, -0.25) is 14.5 Å². The first-order chi connectivity index (χ1) is 17.5. The van der Waals surface area contributed by atoms with Gasteiger partial charge in [-0.25, -0.2) is 4.79 Å². The van der Waals surface area contributed by atoms with Gasteiger partial charge in [0.05, 0.1) is 6.42 Å². The molecule has 3 heterocycles. The molecule has 0 radical (unpaired) electrons. The van der Waals surface area contributed by atoms with Gasteiger partial charge >= 0.3 is 5.97 Å². The number of carbonyl (C=O) groups is 3. The minimum Gasteiger partial charge on any atom is -0.477 e. The number of carboxylic acids is 1. The van der Waals surface area contributed by atoms with Gasteiger partial charge in [0, 0.05) is 26.3 Å². The normalized spacial score (nSPS) is 19.3. The van der Waals surface area contributed by atoms with E-state index in [-0.39, 0.29) is 18.0 Å². The predicted octanol–water partition coefficient (Wildman–Crippen LogP) is 4.62. The number of nitrogens with one attached hydrogen (secondary N) is 1. The van der Waals surface area contributed by atoms with Crippen molar-refractivity contribution < 1.29 is 23.9 Å². The Bertz CT molecular complexity index is 1560. The van der Waals surface area contributed by atoms with Gasteiger partial charge in [0.25, 0.3) is 5.91 Å². The highest BCUT2D eigenvalue weighted by Gasteiger charge is 2.54. The van der Waals surface area contributed by atoms with Gasteiger partial charge in [0.15, 0.2) is 0 Å². The molecule has 180 valence electrons. The number of amides is 2. The fourth-order valence-electron chi connectivity index (χ4n) is 4.63. The molecule has 7 nitrogen and oxygen atoms in total. The van der Waals surface area contributed by atoms with Crippen LogP contribution in [0.5, 0.6) is 0 Å². The molecule has 36 heavy (non-hydrogen) atoms. The van der Waals surface area contributed by atoms with Crippen LogP contribution in [0.1, 0.15) is 5.56 Å². The first kappa shape index (κ1) is 22.8. The summed E-state index contributed by atoms with van der Waals surface area (Å²) in [5.74, 6) is -1.41. The lowest BCUT2D eigenvalue weighted by molar-refractivity contribution is -0.150. The fourth-order valence-corrected chi connectivity index (χ4v) is 7.28. The Morgan fingerprint density at radius 1 is 1.03 bits per heavy atom. The number of hydrogen-bond acceptors (Lipinski definition) is 6. The number of fused-ring (bicyclic) bond motifs is 4. The number of rotatable bonds is 6. The Balaban J connectivity index is 1.27. The summed E-state index contributed by atoms with van der Waals surface area (Å²) in [5, 5.41) is 14.3. The minimum absolute atomic E-state index is 0.0212. The van der Waals surface area contributed by atoms with E-state index in [2.05, 4.69) is 5.32 Å². The van der Waals surface area contributed by atoms with E-state index in [4.69, 9.17) is 4.42 Å². The summed E-state index contributed by atoms with van der Waals surface area (Å²) in [6.07, 6.45) is 0.160. The molecule has 1 saturated heterocycles. The Morgan fingerprint density at radius 3 is 2.58 bits per heavy atom. The van der Waals surface area contributed by atoms with Crippen molar-refractivity contribution in [2.45, 2.75) is 22.7 Å². The Kier molecular flexibility index (Phi) is 5.73. The molecular formula is C27H20N2O5S2. The van der Waals surface area contributed by atoms with E-state index in [1.165, 1.54) is 28.4 Å². The number of nitrogens with zero attached hydrogens (tertiary/aromatic N) is 1. The van der Waals surface area contributed by atoms with Crippen LogP contribution in [0.4, 0.5) is 0 Å². The Morgan fingerprint density at radius 2 is 1.78 bits per heavy atom. The standard InChI is InChI=1S/C27H20N2O5S2/c30-21(13-15-7-2-1-3-8-15)28-23-25(31)29-24(27(32)33)20(14-35-26(23)29)36-19-12-6-11-18-22(19)16-9-4-5-10-17(16)34-18/h1-12,23,26H,13-14H2,(H,28,30)(H,32,33)/t23-,26-/m1/s1. The van der Waals surface area contributed by atoms with Gasteiger partial charge in [-0.1, -0.05) is 66.4 Å². The molecule has 6 rings (SSSR count). The summed E-state index contributed by atoms with van der Waals surface area (Å²) in [4.78, 5) is 40.6. The van der Waals surface area contributed by atoms with Gasteiger partial charge < -0.3 is 14.8 Å². The van der Waals surface area contributed by atoms with E-state index < -0.39 is 23.3 Å². The highest BCUT2D eigenvalue weighted by Crippen LogP contribution is 2.47. The fraction of sp³-hybridized carbons (Fsp3) is 0.148. The molecule has 0 saturated carbocycles. The summed E-state index contributed by atoms with van der Waals surface area (Å²) in [5.41, 5.74) is 2.31. The molecule has 0 spiro atoms. The van der Waals surface area contributed by atoms with Crippen molar-refractivity contribution >= 4 is 63.2 Å². The van der Waals surface area contributed by atoms with Crippen molar-refractivity contribution in [3.63, 3.8) is 0 Å². The zero-order chi connectivity index (χ0) is 24.8. The van der Waals surface area contributed by atoms with E-state index in [1.54, 1.807) is 0 Å². The predicted molar refractivity (Wildman–Crippen MR) is 139 cm³/mol. The summed E-state index contributed by atoms with van der Waals surface area (Å²) < 4.78 is 5.96. The number of carboxylic acid groups (broad SMARTS) is 1. The molecule has 0 aliphatic carbocycles. The van der Waals surface area contributed by atoms with Crippen molar-refractivity contribution in [3.05, 3.63) is 89.0 Å². The van der Waals surface area contributed by atoms with E-state index in [9.17, 15) is 19.5 Å². The molecule has 1 aromatic heterocycles. The number of thioether (sulfide) groups is 2. The van der Waals surface area contributed by atoms with E-state index in [0.717, 1.165) is 32.4 Å². The lowest BCUT2D eigenvalue weighted by atomic mass is 10.0. The number of benzene rings is 3. The van der Waals surface area contributed by atoms with Crippen LogP contribution in [-0.2, 0) is 20.8 Å². The molecule has 0 bridgehead atoms. The van der Waals surface area contributed by atoms with Crippen molar-refractivity contribution in [1.82, 2.24) is 10.2 Å².